The van der Waals surface area contributed by atoms with Gasteiger partial charge >= 0.3 is 0 Å². The second-order valence-corrected chi connectivity index (χ2v) is 4.58. The van der Waals surface area contributed by atoms with Gasteiger partial charge in [-0.3, -0.25) is 5.41 Å². The van der Waals surface area contributed by atoms with Gasteiger partial charge in [-0.1, -0.05) is 29.8 Å². The Hall–Kier alpha value is -1.30. The Morgan fingerprint density at radius 3 is 2.83 bits per heavy atom. The summed E-state index contributed by atoms with van der Waals surface area (Å²) in [5.74, 6) is 0.208. The van der Waals surface area contributed by atoms with Gasteiger partial charge in [-0.2, -0.15) is 0 Å². The van der Waals surface area contributed by atoms with Gasteiger partial charge in [0.25, 0.3) is 0 Å². The van der Waals surface area contributed by atoms with Gasteiger partial charge in [0, 0.05) is 23.1 Å². The molecular formula is C11H12Cl2N4S. The fourth-order valence-corrected chi connectivity index (χ4v) is 2.00. The van der Waals surface area contributed by atoms with Crippen LogP contribution in [-0.2, 0) is 6.54 Å². The van der Waals surface area contributed by atoms with E-state index in [4.69, 9.17) is 17.0 Å². The number of halogens is 2. The molecule has 0 radical (unpaired) electrons. The standard InChI is InChI=1S/C11H11ClN4S.ClH/c12-9-4-2-1-3-8(9)7-15-10(13)16-11-14-5-6-17-11;/h1-6H,7H2,(H3,13,14,15,16);1H. The molecule has 96 valence electrons. The lowest BCUT2D eigenvalue weighted by Crippen LogP contribution is -2.29. The summed E-state index contributed by atoms with van der Waals surface area (Å²) in [4.78, 5) is 4.03. The first-order valence-electron chi connectivity index (χ1n) is 4.98. The van der Waals surface area contributed by atoms with Crippen molar-refractivity contribution in [2.75, 3.05) is 5.32 Å². The maximum atomic E-state index is 7.69. The molecule has 0 saturated heterocycles. The van der Waals surface area contributed by atoms with Crippen LogP contribution in [0.5, 0.6) is 0 Å². The van der Waals surface area contributed by atoms with Crippen LogP contribution in [0.3, 0.4) is 0 Å². The largest absolute Gasteiger partial charge is 0.352 e. The van der Waals surface area contributed by atoms with Crippen LogP contribution in [0.1, 0.15) is 5.56 Å². The first-order valence-corrected chi connectivity index (χ1v) is 6.24. The molecule has 1 heterocycles. The molecule has 1 aromatic heterocycles. The Morgan fingerprint density at radius 2 is 2.17 bits per heavy atom. The summed E-state index contributed by atoms with van der Waals surface area (Å²) in [7, 11) is 0. The highest BCUT2D eigenvalue weighted by molar-refractivity contribution is 7.13. The number of rotatable bonds is 3. The van der Waals surface area contributed by atoms with Gasteiger partial charge in [-0.15, -0.1) is 23.7 Å². The molecule has 2 rings (SSSR count). The molecule has 0 atom stereocenters. The van der Waals surface area contributed by atoms with Gasteiger partial charge in [0.2, 0.25) is 0 Å². The van der Waals surface area contributed by atoms with E-state index in [1.807, 2.05) is 29.6 Å². The van der Waals surface area contributed by atoms with Crippen molar-refractivity contribution in [3.8, 4) is 0 Å². The van der Waals surface area contributed by atoms with E-state index < -0.39 is 0 Å². The van der Waals surface area contributed by atoms with E-state index in [2.05, 4.69) is 15.6 Å². The Balaban J connectivity index is 0.00000162. The van der Waals surface area contributed by atoms with Crippen LogP contribution >= 0.6 is 35.3 Å². The summed E-state index contributed by atoms with van der Waals surface area (Å²) in [5.41, 5.74) is 0.958. The van der Waals surface area contributed by atoms with Crippen LogP contribution in [0.15, 0.2) is 35.8 Å². The molecule has 0 fully saturated rings. The zero-order valence-electron chi connectivity index (χ0n) is 9.31. The number of nitrogens with one attached hydrogen (secondary N) is 3. The van der Waals surface area contributed by atoms with E-state index in [1.54, 1.807) is 6.20 Å². The Labute approximate surface area is 120 Å². The van der Waals surface area contributed by atoms with Gasteiger partial charge in [-0.05, 0) is 11.6 Å². The monoisotopic (exact) mass is 302 g/mol. The SMILES string of the molecule is Cl.N=C(NCc1ccccc1Cl)Nc1nccs1. The quantitative estimate of drug-likeness (QED) is 0.602. The average Bonchev–Trinajstić information content (AvgIpc) is 2.81. The van der Waals surface area contributed by atoms with E-state index in [0.717, 1.165) is 5.56 Å². The van der Waals surface area contributed by atoms with Crippen LogP contribution < -0.4 is 10.6 Å². The Bertz CT molecular complexity index is 502. The van der Waals surface area contributed by atoms with Crippen LogP contribution in [0.2, 0.25) is 5.02 Å². The summed E-state index contributed by atoms with van der Waals surface area (Å²) in [5, 5.41) is 16.7. The van der Waals surface area contributed by atoms with Crippen molar-refractivity contribution < 1.29 is 0 Å². The molecule has 7 heteroatoms. The average molecular weight is 303 g/mol. The van der Waals surface area contributed by atoms with Gasteiger partial charge in [-0.25, -0.2) is 4.98 Å². The molecule has 0 spiro atoms. The highest BCUT2D eigenvalue weighted by atomic mass is 35.5. The van der Waals surface area contributed by atoms with Gasteiger partial charge < -0.3 is 10.6 Å². The molecule has 0 amide bonds. The van der Waals surface area contributed by atoms with E-state index in [9.17, 15) is 0 Å². The zero-order chi connectivity index (χ0) is 12.1. The summed E-state index contributed by atoms with van der Waals surface area (Å²) >= 11 is 7.46. The number of guanidine groups is 1. The summed E-state index contributed by atoms with van der Waals surface area (Å²) in [6, 6.07) is 7.55. The normalized spacial score (nSPS) is 9.39. The number of benzene rings is 1. The van der Waals surface area contributed by atoms with Crippen LogP contribution in [0.25, 0.3) is 0 Å². The lowest BCUT2D eigenvalue weighted by Gasteiger charge is -2.09. The summed E-state index contributed by atoms with van der Waals surface area (Å²) < 4.78 is 0. The summed E-state index contributed by atoms with van der Waals surface area (Å²) in [6.07, 6.45) is 1.69. The fourth-order valence-electron chi connectivity index (χ4n) is 1.26. The minimum absolute atomic E-state index is 0. The number of aromatic nitrogens is 1. The third-order valence-corrected chi connectivity index (χ3v) is 3.13. The molecule has 0 bridgehead atoms. The molecule has 1 aromatic carbocycles. The first kappa shape index (κ1) is 14.8. The molecule has 0 aliphatic carbocycles. The van der Waals surface area contributed by atoms with Crippen molar-refractivity contribution >= 4 is 46.4 Å². The second kappa shape index (κ2) is 7.20. The smallest absolute Gasteiger partial charge is 0.195 e. The number of thiazole rings is 1. The molecule has 0 aliphatic rings. The molecule has 0 unspecified atom stereocenters. The molecule has 3 N–H and O–H groups in total. The fraction of sp³-hybridized carbons (Fsp3) is 0.0909. The molecule has 2 aromatic rings. The maximum absolute atomic E-state index is 7.69. The van der Waals surface area contributed by atoms with Crippen molar-refractivity contribution in [1.82, 2.24) is 10.3 Å². The van der Waals surface area contributed by atoms with Gasteiger partial charge in [0.1, 0.15) is 0 Å². The molecule has 0 aliphatic heterocycles. The van der Waals surface area contributed by atoms with Crippen molar-refractivity contribution in [2.45, 2.75) is 6.54 Å². The molecule has 18 heavy (non-hydrogen) atoms. The highest BCUT2D eigenvalue weighted by Crippen LogP contribution is 2.14. The maximum Gasteiger partial charge on any atom is 0.195 e. The van der Waals surface area contributed by atoms with Crippen LogP contribution in [0.4, 0.5) is 5.13 Å². The van der Waals surface area contributed by atoms with Crippen molar-refractivity contribution in [3.05, 3.63) is 46.4 Å². The second-order valence-electron chi connectivity index (χ2n) is 3.28. The van der Waals surface area contributed by atoms with E-state index in [0.29, 0.717) is 16.7 Å². The van der Waals surface area contributed by atoms with Gasteiger partial charge in [0.15, 0.2) is 11.1 Å². The highest BCUT2D eigenvalue weighted by Gasteiger charge is 2.01. The van der Waals surface area contributed by atoms with Crippen LogP contribution in [-0.4, -0.2) is 10.9 Å². The Morgan fingerprint density at radius 1 is 1.39 bits per heavy atom. The topological polar surface area (TPSA) is 60.8 Å². The number of hydrogen-bond acceptors (Lipinski definition) is 3. The molecule has 0 saturated carbocycles. The number of nitrogens with zero attached hydrogens (tertiary/aromatic N) is 1. The van der Waals surface area contributed by atoms with Crippen molar-refractivity contribution in [2.24, 2.45) is 0 Å². The third kappa shape index (κ3) is 4.18. The number of hydrogen-bond donors (Lipinski definition) is 3. The number of anilines is 1. The minimum Gasteiger partial charge on any atom is -0.352 e. The van der Waals surface area contributed by atoms with Crippen molar-refractivity contribution in [3.63, 3.8) is 0 Å². The van der Waals surface area contributed by atoms with Crippen molar-refractivity contribution in [1.29, 1.82) is 5.41 Å². The van der Waals surface area contributed by atoms with Gasteiger partial charge in [0.05, 0.1) is 0 Å². The molecule has 4 nitrogen and oxygen atoms in total. The predicted molar refractivity (Wildman–Crippen MR) is 79.0 cm³/mol. The van der Waals surface area contributed by atoms with E-state index >= 15 is 0 Å². The van der Waals surface area contributed by atoms with E-state index in [1.165, 1.54) is 11.3 Å². The minimum atomic E-state index is 0. The predicted octanol–water partition coefficient (Wildman–Crippen LogP) is 3.35. The molecular weight excluding hydrogens is 291 g/mol. The lowest BCUT2D eigenvalue weighted by molar-refractivity contribution is 0.904. The Kier molecular flexibility index (Phi) is 5.91. The van der Waals surface area contributed by atoms with E-state index in [-0.39, 0.29) is 18.4 Å². The lowest BCUT2D eigenvalue weighted by atomic mass is 10.2. The van der Waals surface area contributed by atoms with Crippen LogP contribution in [0, 0.1) is 5.41 Å². The zero-order valence-corrected chi connectivity index (χ0v) is 11.7. The first-order chi connectivity index (χ1) is 8.25. The summed E-state index contributed by atoms with van der Waals surface area (Å²) in [6.45, 7) is 0.511. The third-order valence-electron chi connectivity index (χ3n) is 2.08.